The number of anilines is 1. The van der Waals surface area contributed by atoms with Crippen molar-refractivity contribution in [1.29, 1.82) is 0 Å². The maximum Gasteiger partial charge on any atom is 0.265 e. The standard InChI is InChI=1S/C22H25N3O5S/c1-23-20(26)11-14-6-7-16-18(30-14)12-29-17-8-5-13(10-15(17)22(28)25(16)2)24-21(27)19-4-3-9-31-19/h3-5,8-10,14,16,18H,6-7,11-12H2,1-2H3,(H,23,26)(H,24,27)/t14-,16-,18+/m1/s1. The molecule has 1 fully saturated rings. The Bertz CT molecular complexity index is 978. The summed E-state index contributed by atoms with van der Waals surface area (Å²) in [6, 6.07) is 8.47. The van der Waals surface area contributed by atoms with Gasteiger partial charge in [0.1, 0.15) is 18.5 Å². The second-order valence-electron chi connectivity index (χ2n) is 7.69. The first-order chi connectivity index (χ1) is 15.0. The fraction of sp³-hybridized carbons (Fsp3) is 0.409. The number of nitrogens with one attached hydrogen (secondary N) is 2. The third-order valence-electron chi connectivity index (χ3n) is 5.71. The predicted octanol–water partition coefficient (Wildman–Crippen LogP) is 2.52. The van der Waals surface area contributed by atoms with Crippen molar-refractivity contribution in [3.05, 3.63) is 46.2 Å². The van der Waals surface area contributed by atoms with Gasteiger partial charge in [-0.15, -0.1) is 11.3 Å². The number of benzene rings is 1. The number of hydrogen-bond donors (Lipinski definition) is 2. The lowest BCUT2D eigenvalue weighted by Gasteiger charge is -2.42. The van der Waals surface area contributed by atoms with Gasteiger partial charge in [-0.3, -0.25) is 14.4 Å². The first-order valence-electron chi connectivity index (χ1n) is 10.2. The van der Waals surface area contributed by atoms with E-state index in [2.05, 4.69) is 10.6 Å². The zero-order chi connectivity index (χ0) is 22.0. The van der Waals surface area contributed by atoms with Crippen molar-refractivity contribution in [2.24, 2.45) is 0 Å². The van der Waals surface area contributed by atoms with Crippen molar-refractivity contribution >= 4 is 34.7 Å². The van der Waals surface area contributed by atoms with E-state index in [1.165, 1.54) is 11.3 Å². The summed E-state index contributed by atoms with van der Waals surface area (Å²) in [5, 5.41) is 7.29. The molecule has 31 heavy (non-hydrogen) atoms. The van der Waals surface area contributed by atoms with Crippen molar-refractivity contribution < 1.29 is 23.9 Å². The number of rotatable bonds is 4. The van der Waals surface area contributed by atoms with Crippen LogP contribution < -0.4 is 15.4 Å². The quantitative estimate of drug-likeness (QED) is 0.757. The number of thiophene rings is 1. The number of fused-ring (bicyclic) bond motifs is 2. The fourth-order valence-electron chi connectivity index (χ4n) is 4.01. The SMILES string of the molecule is CNC(=O)C[C@H]1CC[C@@H]2[C@H](COc3ccc(NC(=O)c4cccs4)cc3C(=O)N2C)O1. The molecule has 2 aliphatic rings. The van der Waals surface area contributed by atoms with E-state index in [0.717, 1.165) is 6.42 Å². The Kier molecular flexibility index (Phi) is 6.24. The number of nitrogens with zero attached hydrogens (tertiary/aromatic N) is 1. The minimum atomic E-state index is -0.316. The van der Waals surface area contributed by atoms with Crippen molar-refractivity contribution in [1.82, 2.24) is 10.2 Å². The van der Waals surface area contributed by atoms with E-state index in [4.69, 9.17) is 9.47 Å². The number of hydrogen-bond acceptors (Lipinski definition) is 6. The molecule has 0 saturated carbocycles. The highest BCUT2D eigenvalue weighted by Gasteiger charge is 2.39. The van der Waals surface area contributed by atoms with Crippen LogP contribution in [0.4, 0.5) is 5.69 Å². The number of carbonyl (C=O) groups excluding carboxylic acids is 3. The molecule has 3 amide bonds. The zero-order valence-corrected chi connectivity index (χ0v) is 18.2. The molecule has 1 saturated heterocycles. The van der Waals surface area contributed by atoms with E-state index in [1.54, 1.807) is 43.3 Å². The number of ether oxygens (including phenoxy) is 2. The third kappa shape index (κ3) is 4.57. The van der Waals surface area contributed by atoms with E-state index < -0.39 is 0 Å². The Morgan fingerprint density at radius 3 is 2.84 bits per heavy atom. The summed E-state index contributed by atoms with van der Waals surface area (Å²) in [4.78, 5) is 39.6. The molecule has 8 nitrogen and oxygen atoms in total. The van der Waals surface area contributed by atoms with Crippen LogP contribution in [0.1, 0.15) is 39.3 Å². The van der Waals surface area contributed by atoms with Gasteiger partial charge < -0.3 is 25.0 Å². The molecular weight excluding hydrogens is 418 g/mol. The molecular formula is C22H25N3O5S. The summed E-state index contributed by atoms with van der Waals surface area (Å²) < 4.78 is 12.1. The normalized spacial score (nSPS) is 23.0. The number of amides is 3. The van der Waals surface area contributed by atoms with Crippen LogP contribution in [0.3, 0.4) is 0 Å². The molecule has 1 aromatic carbocycles. The summed E-state index contributed by atoms with van der Waals surface area (Å²) >= 11 is 1.35. The van der Waals surface area contributed by atoms with Crippen LogP contribution in [0.25, 0.3) is 0 Å². The molecule has 0 bridgehead atoms. The summed E-state index contributed by atoms with van der Waals surface area (Å²) in [7, 11) is 3.36. The molecule has 2 N–H and O–H groups in total. The molecule has 164 valence electrons. The van der Waals surface area contributed by atoms with Crippen LogP contribution in [0.15, 0.2) is 35.7 Å². The Balaban J connectivity index is 1.52. The lowest BCUT2D eigenvalue weighted by Crippen LogP contribution is -2.53. The van der Waals surface area contributed by atoms with Crippen molar-refractivity contribution in [3.8, 4) is 5.75 Å². The predicted molar refractivity (Wildman–Crippen MR) is 117 cm³/mol. The van der Waals surface area contributed by atoms with Gasteiger partial charge in [0.2, 0.25) is 5.91 Å². The van der Waals surface area contributed by atoms with E-state index in [0.29, 0.717) is 34.7 Å². The van der Waals surface area contributed by atoms with Gasteiger partial charge in [0.05, 0.1) is 29.0 Å². The summed E-state index contributed by atoms with van der Waals surface area (Å²) in [6.07, 6.45) is 1.20. The fourth-order valence-corrected chi connectivity index (χ4v) is 4.63. The van der Waals surface area contributed by atoms with Gasteiger partial charge in [-0.2, -0.15) is 0 Å². The molecule has 0 aliphatic carbocycles. The third-order valence-corrected chi connectivity index (χ3v) is 6.58. The number of carbonyl (C=O) groups is 3. The van der Waals surface area contributed by atoms with Crippen LogP contribution in [-0.2, 0) is 9.53 Å². The molecule has 9 heteroatoms. The largest absolute Gasteiger partial charge is 0.490 e. The number of likely N-dealkylation sites (N-methyl/N-ethyl adjacent to an activating group) is 1. The van der Waals surface area contributed by atoms with Crippen molar-refractivity contribution in [2.75, 3.05) is 26.0 Å². The average Bonchev–Trinajstić information content (AvgIpc) is 3.32. The van der Waals surface area contributed by atoms with Gasteiger partial charge in [0.15, 0.2) is 0 Å². The van der Waals surface area contributed by atoms with Gasteiger partial charge in [0, 0.05) is 19.8 Å². The Hall–Kier alpha value is -2.91. The second kappa shape index (κ2) is 9.07. The van der Waals surface area contributed by atoms with Crippen LogP contribution in [0, 0.1) is 0 Å². The maximum atomic E-state index is 13.2. The van der Waals surface area contributed by atoms with E-state index in [9.17, 15) is 14.4 Å². The summed E-state index contributed by atoms with van der Waals surface area (Å²) in [6.45, 7) is 0.278. The van der Waals surface area contributed by atoms with Crippen LogP contribution in [0.2, 0.25) is 0 Å². The average molecular weight is 444 g/mol. The van der Waals surface area contributed by atoms with Gasteiger partial charge in [0.25, 0.3) is 11.8 Å². The second-order valence-corrected chi connectivity index (χ2v) is 8.64. The van der Waals surface area contributed by atoms with E-state index >= 15 is 0 Å². The Labute approximate surface area is 184 Å². The first-order valence-corrected chi connectivity index (χ1v) is 11.1. The van der Waals surface area contributed by atoms with Gasteiger partial charge in [-0.25, -0.2) is 0 Å². The van der Waals surface area contributed by atoms with Gasteiger partial charge >= 0.3 is 0 Å². The highest BCUT2D eigenvalue weighted by Crippen LogP contribution is 2.32. The highest BCUT2D eigenvalue weighted by atomic mass is 32.1. The van der Waals surface area contributed by atoms with Crippen LogP contribution in [-0.4, -0.2) is 61.6 Å². The molecule has 2 aliphatic heterocycles. The monoisotopic (exact) mass is 443 g/mol. The zero-order valence-electron chi connectivity index (χ0n) is 17.4. The molecule has 0 spiro atoms. The molecule has 1 aromatic heterocycles. The molecule has 2 aromatic rings. The van der Waals surface area contributed by atoms with Gasteiger partial charge in [-0.05, 0) is 42.5 Å². The van der Waals surface area contributed by atoms with E-state index in [-0.39, 0.29) is 42.6 Å². The minimum Gasteiger partial charge on any atom is -0.490 e. The lowest BCUT2D eigenvalue weighted by molar-refractivity contribution is -0.133. The summed E-state index contributed by atoms with van der Waals surface area (Å²) in [5.74, 6) is -0.0285. The molecule has 0 unspecified atom stereocenters. The Morgan fingerprint density at radius 2 is 2.10 bits per heavy atom. The molecule has 3 atom stereocenters. The van der Waals surface area contributed by atoms with Crippen LogP contribution >= 0.6 is 11.3 Å². The van der Waals surface area contributed by atoms with Crippen molar-refractivity contribution in [3.63, 3.8) is 0 Å². The minimum absolute atomic E-state index is 0.0675. The topological polar surface area (TPSA) is 97.0 Å². The van der Waals surface area contributed by atoms with Crippen LogP contribution in [0.5, 0.6) is 5.75 Å². The maximum absolute atomic E-state index is 13.2. The molecule has 0 radical (unpaired) electrons. The smallest absolute Gasteiger partial charge is 0.265 e. The first kappa shape index (κ1) is 21.3. The van der Waals surface area contributed by atoms with E-state index in [1.807, 2.05) is 11.4 Å². The van der Waals surface area contributed by atoms with Crippen molar-refractivity contribution in [2.45, 2.75) is 37.5 Å². The lowest BCUT2D eigenvalue weighted by atomic mass is 9.94. The molecule has 3 heterocycles. The molecule has 4 rings (SSSR count). The highest BCUT2D eigenvalue weighted by molar-refractivity contribution is 7.12. The Morgan fingerprint density at radius 1 is 1.26 bits per heavy atom. The summed E-state index contributed by atoms with van der Waals surface area (Å²) in [5.41, 5.74) is 0.933. The van der Waals surface area contributed by atoms with Gasteiger partial charge in [-0.1, -0.05) is 6.07 Å².